The Morgan fingerprint density at radius 1 is 1.33 bits per heavy atom. The molecule has 1 N–H and O–H groups in total. The Morgan fingerprint density at radius 3 is 2.86 bits per heavy atom. The van der Waals surface area contributed by atoms with Gasteiger partial charge in [0, 0.05) is 18.7 Å². The van der Waals surface area contributed by atoms with Gasteiger partial charge in [-0.2, -0.15) is 5.10 Å². The number of hydrogen-bond donors (Lipinski definition) is 1. The number of ether oxygens (including phenoxy) is 1. The highest BCUT2D eigenvalue weighted by atomic mass is 79.9. The molecule has 0 amide bonds. The lowest BCUT2D eigenvalue weighted by Crippen LogP contribution is -2.13. The molecule has 0 aliphatic carbocycles. The second-order valence-corrected chi connectivity index (χ2v) is 5.74. The molecule has 0 saturated carbocycles. The van der Waals surface area contributed by atoms with E-state index in [4.69, 9.17) is 4.74 Å². The topological polar surface area (TPSA) is 39.1 Å². The first-order valence-corrected chi connectivity index (χ1v) is 8.09. The summed E-state index contributed by atoms with van der Waals surface area (Å²) in [5.41, 5.74) is 3.28. The standard InChI is InChI=1S/C16H22BrN3O/c1-4-18-10-13-7-6-8-15(17)16(13)21-11-14-9-12(3)19-20(14)5-2/h6-9,18H,4-5,10-11H2,1-3H3. The normalized spacial score (nSPS) is 10.9. The third kappa shape index (κ3) is 4.08. The zero-order valence-electron chi connectivity index (χ0n) is 12.8. The molecule has 0 aliphatic heterocycles. The van der Waals surface area contributed by atoms with Gasteiger partial charge in [-0.25, -0.2) is 0 Å². The molecule has 5 heteroatoms. The van der Waals surface area contributed by atoms with Crippen molar-refractivity contribution >= 4 is 15.9 Å². The minimum absolute atomic E-state index is 0.524. The quantitative estimate of drug-likeness (QED) is 0.827. The van der Waals surface area contributed by atoms with Gasteiger partial charge in [-0.05, 0) is 48.5 Å². The molecule has 0 bridgehead atoms. The minimum atomic E-state index is 0.524. The SMILES string of the molecule is CCNCc1cccc(Br)c1OCc1cc(C)nn1CC. The molecule has 1 aromatic carbocycles. The Morgan fingerprint density at radius 2 is 2.14 bits per heavy atom. The van der Waals surface area contributed by atoms with E-state index in [-0.39, 0.29) is 0 Å². The van der Waals surface area contributed by atoms with Crippen molar-refractivity contribution in [3.05, 3.63) is 45.7 Å². The van der Waals surface area contributed by atoms with Crippen LogP contribution in [0.5, 0.6) is 5.75 Å². The summed E-state index contributed by atoms with van der Waals surface area (Å²) in [6.07, 6.45) is 0. The zero-order chi connectivity index (χ0) is 15.2. The largest absolute Gasteiger partial charge is 0.486 e. The van der Waals surface area contributed by atoms with Crippen molar-refractivity contribution in [3.63, 3.8) is 0 Å². The average molecular weight is 352 g/mol. The number of aryl methyl sites for hydroxylation is 2. The molecule has 0 atom stereocenters. The summed E-state index contributed by atoms with van der Waals surface area (Å²) in [7, 11) is 0. The summed E-state index contributed by atoms with van der Waals surface area (Å²) in [5.74, 6) is 0.903. The molecule has 21 heavy (non-hydrogen) atoms. The molecule has 4 nitrogen and oxygen atoms in total. The van der Waals surface area contributed by atoms with E-state index in [0.29, 0.717) is 6.61 Å². The predicted molar refractivity (Wildman–Crippen MR) is 88.5 cm³/mol. The minimum Gasteiger partial charge on any atom is -0.486 e. The molecule has 0 saturated heterocycles. The van der Waals surface area contributed by atoms with Gasteiger partial charge in [-0.1, -0.05) is 19.1 Å². The summed E-state index contributed by atoms with van der Waals surface area (Å²) in [4.78, 5) is 0. The van der Waals surface area contributed by atoms with Gasteiger partial charge in [0.2, 0.25) is 0 Å². The lowest BCUT2D eigenvalue weighted by atomic mass is 10.2. The van der Waals surface area contributed by atoms with Crippen molar-refractivity contribution in [2.75, 3.05) is 6.54 Å². The molecule has 1 aromatic heterocycles. The van der Waals surface area contributed by atoms with Gasteiger partial charge >= 0.3 is 0 Å². The molecule has 1 heterocycles. The summed E-state index contributed by atoms with van der Waals surface area (Å²) in [5, 5.41) is 7.79. The number of rotatable bonds is 7. The number of para-hydroxylation sites is 1. The summed E-state index contributed by atoms with van der Waals surface area (Å²) in [6, 6.07) is 8.20. The van der Waals surface area contributed by atoms with E-state index in [1.54, 1.807) is 0 Å². The number of hydrogen-bond acceptors (Lipinski definition) is 3. The fourth-order valence-electron chi connectivity index (χ4n) is 2.25. The predicted octanol–water partition coefficient (Wildman–Crippen LogP) is 3.66. The number of halogens is 1. The smallest absolute Gasteiger partial charge is 0.138 e. The fourth-order valence-corrected chi connectivity index (χ4v) is 2.77. The van der Waals surface area contributed by atoms with Crippen LogP contribution in [0.15, 0.2) is 28.7 Å². The van der Waals surface area contributed by atoms with Crippen LogP contribution in [0.4, 0.5) is 0 Å². The average Bonchev–Trinajstić information content (AvgIpc) is 2.84. The number of aromatic nitrogens is 2. The van der Waals surface area contributed by atoms with Crippen molar-refractivity contribution < 1.29 is 4.74 Å². The Balaban J connectivity index is 2.15. The Hall–Kier alpha value is -1.33. The first-order chi connectivity index (χ1) is 10.2. The number of nitrogens with one attached hydrogen (secondary N) is 1. The van der Waals surface area contributed by atoms with Crippen LogP contribution in [0.25, 0.3) is 0 Å². The van der Waals surface area contributed by atoms with Crippen LogP contribution in [0.3, 0.4) is 0 Å². The number of nitrogens with zero attached hydrogens (tertiary/aromatic N) is 2. The number of benzene rings is 1. The Labute approximate surface area is 134 Å². The highest BCUT2D eigenvalue weighted by molar-refractivity contribution is 9.10. The lowest BCUT2D eigenvalue weighted by Gasteiger charge is -2.14. The van der Waals surface area contributed by atoms with Gasteiger partial charge in [0.1, 0.15) is 12.4 Å². The van der Waals surface area contributed by atoms with Gasteiger partial charge in [0.05, 0.1) is 15.9 Å². The van der Waals surface area contributed by atoms with Crippen LogP contribution in [0.1, 0.15) is 30.8 Å². The van der Waals surface area contributed by atoms with E-state index < -0.39 is 0 Å². The van der Waals surface area contributed by atoms with Crippen molar-refractivity contribution in [3.8, 4) is 5.75 Å². The van der Waals surface area contributed by atoms with E-state index in [1.165, 1.54) is 0 Å². The maximum atomic E-state index is 6.06. The second-order valence-electron chi connectivity index (χ2n) is 4.89. The molecule has 2 rings (SSSR count). The molecule has 0 fully saturated rings. The molecule has 114 valence electrons. The summed E-state index contributed by atoms with van der Waals surface area (Å²) < 4.78 is 9.02. The molecular formula is C16H22BrN3O. The first-order valence-electron chi connectivity index (χ1n) is 7.30. The molecular weight excluding hydrogens is 330 g/mol. The molecule has 0 aliphatic rings. The Kier molecular flexibility index (Phi) is 5.82. The van der Waals surface area contributed by atoms with Gasteiger partial charge in [0.15, 0.2) is 0 Å². The first kappa shape index (κ1) is 16.0. The van der Waals surface area contributed by atoms with Crippen molar-refractivity contribution in [1.29, 1.82) is 0 Å². The van der Waals surface area contributed by atoms with Gasteiger partial charge in [-0.3, -0.25) is 4.68 Å². The summed E-state index contributed by atoms with van der Waals surface area (Å²) >= 11 is 3.58. The third-order valence-corrected chi connectivity index (χ3v) is 3.89. The lowest BCUT2D eigenvalue weighted by molar-refractivity contribution is 0.287. The zero-order valence-corrected chi connectivity index (χ0v) is 14.4. The van der Waals surface area contributed by atoms with Crippen molar-refractivity contribution in [2.24, 2.45) is 0 Å². The highest BCUT2D eigenvalue weighted by Crippen LogP contribution is 2.30. The van der Waals surface area contributed by atoms with Crippen LogP contribution < -0.4 is 10.1 Å². The van der Waals surface area contributed by atoms with Gasteiger partial charge in [-0.15, -0.1) is 0 Å². The van der Waals surface area contributed by atoms with Gasteiger partial charge in [0.25, 0.3) is 0 Å². The van der Waals surface area contributed by atoms with Crippen LogP contribution in [0, 0.1) is 6.92 Å². The van der Waals surface area contributed by atoms with Crippen LogP contribution in [-0.2, 0) is 19.7 Å². The maximum absolute atomic E-state index is 6.06. The molecule has 0 radical (unpaired) electrons. The van der Waals surface area contributed by atoms with Crippen LogP contribution in [0.2, 0.25) is 0 Å². The van der Waals surface area contributed by atoms with Crippen LogP contribution >= 0.6 is 15.9 Å². The maximum Gasteiger partial charge on any atom is 0.138 e. The third-order valence-electron chi connectivity index (χ3n) is 3.26. The fraction of sp³-hybridized carbons (Fsp3) is 0.438. The van der Waals surface area contributed by atoms with E-state index in [1.807, 2.05) is 23.7 Å². The summed E-state index contributed by atoms with van der Waals surface area (Å²) in [6.45, 7) is 9.31. The van der Waals surface area contributed by atoms with Crippen molar-refractivity contribution in [2.45, 2.75) is 40.5 Å². The molecule has 0 unspecified atom stereocenters. The van der Waals surface area contributed by atoms with E-state index in [9.17, 15) is 0 Å². The van der Waals surface area contributed by atoms with E-state index in [0.717, 1.165) is 46.8 Å². The van der Waals surface area contributed by atoms with E-state index in [2.05, 4.69) is 52.3 Å². The van der Waals surface area contributed by atoms with Gasteiger partial charge < -0.3 is 10.1 Å². The second kappa shape index (κ2) is 7.61. The van der Waals surface area contributed by atoms with Crippen molar-refractivity contribution in [1.82, 2.24) is 15.1 Å². The van der Waals surface area contributed by atoms with Crippen LogP contribution in [-0.4, -0.2) is 16.3 Å². The Bertz CT molecular complexity index is 595. The highest BCUT2D eigenvalue weighted by Gasteiger charge is 2.10. The van der Waals surface area contributed by atoms with E-state index >= 15 is 0 Å². The molecule has 0 spiro atoms. The monoisotopic (exact) mass is 351 g/mol. The molecule has 2 aromatic rings.